The molecule has 0 aliphatic heterocycles. The van der Waals surface area contributed by atoms with E-state index in [1.54, 1.807) is 0 Å². The summed E-state index contributed by atoms with van der Waals surface area (Å²) in [6.45, 7) is 5.80. The van der Waals surface area contributed by atoms with E-state index in [1.807, 2.05) is 6.92 Å². The number of ether oxygens (including phenoxy) is 2. The molecule has 0 fully saturated rings. The molecule has 0 unspecified atom stereocenters. The first-order valence-electron chi connectivity index (χ1n) is 2.70. The van der Waals surface area contributed by atoms with Gasteiger partial charge in [-0.3, -0.25) is 0 Å². The van der Waals surface area contributed by atoms with Crippen molar-refractivity contribution < 1.29 is 9.47 Å². The second-order valence-electron chi connectivity index (χ2n) is 1.21. The SMILES string of the molecule is C=CN=C(OC)OCC. The van der Waals surface area contributed by atoms with Crippen LogP contribution in [0.25, 0.3) is 0 Å². The lowest BCUT2D eigenvalue weighted by molar-refractivity contribution is 0.208. The Morgan fingerprint density at radius 2 is 2.44 bits per heavy atom. The Labute approximate surface area is 55.0 Å². The fraction of sp³-hybridized carbons (Fsp3) is 0.500. The van der Waals surface area contributed by atoms with Crippen LogP contribution in [0.15, 0.2) is 17.8 Å². The third-order valence-electron chi connectivity index (χ3n) is 0.639. The summed E-state index contributed by atoms with van der Waals surface area (Å²) in [6.07, 6.45) is 1.63. The molecule has 0 bridgehead atoms. The quantitative estimate of drug-likeness (QED) is 0.414. The van der Waals surface area contributed by atoms with E-state index in [1.165, 1.54) is 13.3 Å². The first kappa shape index (κ1) is 8.01. The van der Waals surface area contributed by atoms with Crippen molar-refractivity contribution in [2.24, 2.45) is 4.99 Å². The zero-order chi connectivity index (χ0) is 7.11. The second-order valence-corrected chi connectivity index (χ2v) is 1.21. The van der Waals surface area contributed by atoms with E-state index in [4.69, 9.17) is 4.74 Å². The standard InChI is InChI=1S/C6H11NO2/c1-4-7-6(8-3)9-5-2/h4H,1,5H2,2-3H3. The Kier molecular flexibility index (Phi) is 4.59. The summed E-state index contributed by atoms with van der Waals surface area (Å²) >= 11 is 0. The second kappa shape index (κ2) is 5.15. The van der Waals surface area contributed by atoms with Crippen LogP contribution in [0.3, 0.4) is 0 Å². The maximum absolute atomic E-state index is 4.89. The number of hydrogen-bond acceptors (Lipinski definition) is 3. The van der Waals surface area contributed by atoms with E-state index in [2.05, 4.69) is 16.3 Å². The van der Waals surface area contributed by atoms with E-state index < -0.39 is 0 Å². The highest BCUT2D eigenvalue weighted by Crippen LogP contribution is 1.83. The summed E-state index contributed by atoms with van der Waals surface area (Å²) in [5.74, 6) is 0. The van der Waals surface area contributed by atoms with E-state index in [-0.39, 0.29) is 6.08 Å². The fourth-order valence-electron chi connectivity index (χ4n) is 0.347. The van der Waals surface area contributed by atoms with Gasteiger partial charge in [-0.2, -0.15) is 4.99 Å². The molecule has 0 rings (SSSR count). The summed E-state index contributed by atoms with van der Waals surface area (Å²) < 4.78 is 9.58. The van der Waals surface area contributed by atoms with Gasteiger partial charge in [0.25, 0.3) is 0 Å². The number of hydrogen-bond donors (Lipinski definition) is 0. The van der Waals surface area contributed by atoms with Crippen LogP contribution in [-0.2, 0) is 9.47 Å². The maximum Gasteiger partial charge on any atom is 0.387 e. The van der Waals surface area contributed by atoms with Crippen molar-refractivity contribution in [2.75, 3.05) is 13.7 Å². The highest BCUT2D eigenvalue weighted by Gasteiger charge is 1.91. The van der Waals surface area contributed by atoms with Gasteiger partial charge < -0.3 is 9.47 Å². The number of aliphatic imine (C=N–C) groups is 1. The van der Waals surface area contributed by atoms with Gasteiger partial charge in [-0.25, -0.2) is 0 Å². The average molecular weight is 129 g/mol. The number of methoxy groups -OCH3 is 1. The van der Waals surface area contributed by atoms with E-state index in [9.17, 15) is 0 Å². The van der Waals surface area contributed by atoms with Gasteiger partial charge >= 0.3 is 6.08 Å². The van der Waals surface area contributed by atoms with Gasteiger partial charge in [-0.1, -0.05) is 6.58 Å². The molecule has 9 heavy (non-hydrogen) atoms. The Hall–Kier alpha value is -0.990. The van der Waals surface area contributed by atoms with Gasteiger partial charge in [0.05, 0.1) is 13.7 Å². The molecule has 0 aromatic heterocycles. The first-order chi connectivity index (χ1) is 4.35. The van der Waals surface area contributed by atoms with E-state index in [0.29, 0.717) is 6.61 Å². The Morgan fingerprint density at radius 1 is 1.78 bits per heavy atom. The molecule has 3 nitrogen and oxygen atoms in total. The minimum absolute atomic E-state index is 0.257. The zero-order valence-corrected chi connectivity index (χ0v) is 5.76. The van der Waals surface area contributed by atoms with Crippen LogP contribution in [0.1, 0.15) is 6.92 Å². The van der Waals surface area contributed by atoms with Crippen LogP contribution >= 0.6 is 0 Å². The lowest BCUT2D eigenvalue weighted by atomic mass is 10.9. The molecular weight excluding hydrogens is 118 g/mol. The van der Waals surface area contributed by atoms with Crippen LogP contribution in [0, 0.1) is 0 Å². The summed E-state index contributed by atoms with van der Waals surface area (Å²) in [6, 6.07) is 0. The molecule has 0 saturated heterocycles. The molecule has 3 heteroatoms. The molecule has 0 aromatic carbocycles. The van der Waals surface area contributed by atoms with Gasteiger partial charge in [0.15, 0.2) is 0 Å². The fourth-order valence-corrected chi connectivity index (χ4v) is 0.347. The molecule has 0 heterocycles. The van der Waals surface area contributed by atoms with Gasteiger partial charge in [0.1, 0.15) is 0 Å². The third kappa shape index (κ3) is 3.58. The van der Waals surface area contributed by atoms with Crippen molar-refractivity contribution in [3.05, 3.63) is 12.8 Å². The van der Waals surface area contributed by atoms with Gasteiger partial charge in [-0.05, 0) is 6.92 Å². The third-order valence-corrected chi connectivity index (χ3v) is 0.639. The molecule has 0 amide bonds. The van der Waals surface area contributed by atoms with Crippen LogP contribution in [-0.4, -0.2) is 19.8 Å². The molecule has 0 radical (unpaired) electrons. The van der Waals surface area contributed by atoms with Gasteiger partial charge in [-0.15, -0.1) is 0 Å². The first-order valence-corrected chi connectivity index (χ1v) is 2.70. The summed E-state index contributed by atoms with van der Waals surface area (Å²) in [7, 11) is 1.50. The predicted octanol–water partition coefficient (Wildman–Crippen LogP) is 1.17. The van der Waals surface area contributed by atoms with Crippen molar-refractivity contribution in [1.82, 2.24) is 0 Å². The maximum atomic E-state index is 4.89. The van der Waals surface area contributed by atoms with Crippen molar-refractivity contribution in [3.8, 4) is 0 Å². The lowest BCUT2D eigenvalue weighted by Gasteiger charge is -2.01. The summed E-state index contributed by atoms with van der Waals surface area (Å²) in [5.41, 5.74) is 0. The van der Waals surface area contributed by atoms with Crippen LogP contribution in [0.4, 0.5) is 0 Å². The summed E-state index contributed by atoms with van der Waals surface area (Å²) in [4.78, 5) is 3.67. The smallest absolute Gasteiger partial charge is 0.387 e. The number of nitrogens with zero attached hydrogens (tertiary/aromatic N) is 1. The molecule has 0 aromatic rings. The highest BCUT2D eigenvalue weighted by atomic mass is 16.7. The average Bonchev–Trinajstić information content (AvgIpc) is 1.88. The molecule has 0 aliphatic rings. The zero-order valence-electron chi connectivity index (χ0n) is 5.76. The minimum atomic E-state index is 0.257. The Balaban J connectivity index is 3.66. The van der Waals surface area contributed by atoms with Crippen molar-refractivity contribution in [1.29, 1.82) is 0 Å². The van der Waals surface area contributed by atoms with E-state index >= 15 is 0 Å². The summed E-state index contributed by atoms with van der Waals surface area (Å²) in [5, 5.41) is 0. The van der Waals surface area contributed by atoms with Crippen molar-refractivity contribution in [3.63, 3.8) is 0 Å². The van der Waals surface area contributed by atoms with Gasteiger partial charge in [0, 0.05) is 6.20 Å². The Morgan fingerprint density at radius 3 is 2.78 bits per heavy atom. The molecule has 0 N–H and O–H groups in total. The largest absolute Gasteiger partial charge is 0.454 e. The Bertz CT molecular complexity index is 110. The predicted molar refractivity (Wildman–Crippen MR) is 36.3 cm³/mol. The topological polar surface area (TPSA) is 30.8 Å². The monoisotopic (exact) mass is 129 g/mol. The van der Waals surface area contributed by atoms with Crippen LogP contribution in [0.5, 0.6) is 0 Å². The molecule has 0 spiro atoms. The molecule has 0 aliphatic carbocycles. The normalized spacial score (nSPS) is 10.7. The van der Waals surface area contributed by atoms with Crippen molar-refractivity contribution >= 4 is 6.08 Å². The molecule has 52 valence electrons. The van der Waals surface area contributed by atoms with E-state index in [0.717, 1.165) is 0 Å². The van der Waals surface area contributed by atoms with Crippen LogP contribution in [0.2, 0.25) is 0 Å². The van der Waals surface area contributed by atoms with Crippen LogP contribution < -0.4 is 0 Å². The minimum Gasteiger partial charge on any atom is -0.454 e. The molecular formula is C6H11NO2. The number of rotatable bonds is 2. The molecule has 0 saturated carbocycles. The molecule has 0 atom stereocenters. The van der Waals surface area contributed by atoms with Gasteiger partial charge in [0.2, 0.25) is 0 Å². The lowest BCUT2D eigenvalue weighted by Crippen LogP contribution is -2.05. The van der Waals surface area contributed by atoms with Crippen molar-refractivity contribution in [2.45, 2.75) is 6.92 Å². The highest BCUT2D eigenvalue weighted by molar-refractivity contribution is 5.67.